The standard InChI is InChI=1S/C14H24N2O4/c1-14(2,5-4-12(18)19)6-7-15-13(20)10-8-11(17)16(3)9-10/h10H,4-9H2,1-3H3,(H,15,20)(H,18,19). The van der Waals surface area contributed by atoms with Gasteiger partial charge in [-0.25, -0.2) is 0 Å². The number of hydrogen-bond donors (Lipinski definition) is 2. The van der Waals surface area contributed by atoms with Crippen LogP contribution in [0.25, 0.3) is 0 Å². The molecule has 1 aliphatic rings. The lowest BCUT2D eigenvalue weighted by Crippen LogP contribution is -2.34. The van der Waals surface area contributed by atoms with Crippen molar-refractivity contribution in [1.82, 2.24) is 10.2 Å². The van der Waals surface area contributed by atoms with Gasteiger partial charge in [-0.15, -0.1) is 0 Å². The van der Waals surface area contributed by atoms with Crippen molar-refractivity contribution in [1.29, 1.82) is 0 Å². The van der Waals surface area contributed by atoms with E-state index in [0.717, 1.165) is 6.42 Å². The highest BCUT2D eigenvalue weighted by Crippen LogP contribution is 2.26. The zero-order chi connectivity index (χ0) is 15.3. The van der Waals surface area contributed by atoms with E-state index in [4.69, 9.17) is 5.11 Å². The molecule has 114 valence electrons. The number of nitrogens with zero attached hydrogens (tertiary/aromatic N) is 1. The Kier molecular flexibility index (Phi) is 5.53. The zero-order valence-corrected chi connectivity index (χ0v) is 12.4. The first-order chi connectivity index (χ1) is 9.21. The summed E-state index contributed by atoms with van der Waals surface area (Å²) in [6.45, 7) is 4.98. The molecule has 1 aliphatic heterocycles. The van der Waals surface area contributed by atoms with E-state index in [1.165, 1.54) is 0 Å². The van der Waals surface area contributed by atoms with E-state index in [9.17, 15) is 14.4 Å². The average molecular weight is 284 g/mol. The van der Waals surface area contributed by atoms with E-state index < -0.39 is 5.97 Å². The van der Waals surface area contributed by atoms with Crippen LogP contribution in [0.1, 0.15) is 39.5 Å². The topological polar surface area (TPSA) is 86.7 Å². The van der Waals surface area contributed by atoms with Crippen molar-refractivity contribution in [2.24, 2.45) is 11.3 Å². The van der Waals surface area contributed by atoms with Crippen molar-refractivity contribution in [2.75, 3.05) is 20.1 Å². The molecule has 2 N–H and O–H groups in total. The Morgan fingerprint density at radius 2 is 2.05 bits per heavy atom. The molecule has 0 aromatic rings. The van der Waals surface area contributed by atoms with Gasteiger partial charge in [-0.1, -0.05) is 13.8 Å². The lowest BCUT2D eigenvalue weighted by atomic mass is 9.84. The van der Waals surface area contributed by atoms with Gasteiger partial charge in [0.15, 0.2) is 0 Å². The molecule has 0 bridgehead atoms. The van der Waals surface area contributed by atoms with Crippen LogP contribution in [0, 0.1) is 11.3 Å². The smallest absolute Gasteiger partial charge is 0.303 e. The second kappa shape index (κ2) is 6.72. The van der Waals surface area contributed by atoms with Gasteiger partial charge in [0.1, 0.15) is 0 Å². The molecule has 1 atom stereocenters. The third kappa shape index (κ3) is 5.19. The molecule has 0 spiro atoms. The Bertz CT molecular complexity index is 393. The van der Waals surface area contributed by atoms with Gasteiger partial charge in [0.05, 0.1) is 5.92 Å². The molecule has 20 heavy (non-hydrogen) atoms. The van der Waals surface area contributed by atoms with E-state index in [0.29, 0.717) is 19.5 Å². The average Bonchev–Trinajstić information content (AvgIpc) is 2.67. The first-order valence-corrected chi connectivity index (χ1v) is 6.95. The van der Waals surface area contributed by atoms with Crippen LogP contribution in [0.3, 0.4) is 0 Å². The molecule has 1 heterocycles. The summed E-state index contributed by atoms with van der Waals surface area (Å²) in [7, 11) is 1.70. The van der Waals surface area contributed by atoms with Crippen molar-refractivity contribution in [3.63, 3.8) is 0 Å². The largest absolute Gasteiger partial charge is 0.481 e. The summed E-state index contributed by atoms with van der Waals surface area (Å²) in [4.78, 5) is 35.4. The number of amides is 2. The third-order valence-corrected chi connectivity index (χ3v) is 3.83. The molecule has 0 aromatic carbocycles. The van der Waals surface area contributed by atoms with E-state index in [1.54, 1.807) is 11.9 Å². The summed E-state index contributed by atoms with van der Waals surface area (Å²) < 4.78 is 0. The van der Waals surface area contributed by atoms with E-state index in [-0.39, 0.29) is 36.0 Å². The first kappa shape index (κ1) is 16.5. The summed E-state index contributed by atoms with van der Waals surface area (Å²) in [5.41, 5.74) is -0.117. The van der Waals surface area contributed by atoms with Crippen LogP contribution < -0.4 is 5.32 Å². The maximum absolute atomic E-state index is 11.9. The number of nitrogens with one attached hydrogen (secondary N) is 1. The van der Waals surface area contributed by atoms with E-state index >= 15 is 0 Å². The minimum Gasteiger partial charge on any atom is -0.481 e. The van der Waals surface area contributed by atoms with Crippen molar-refractivity contribution in [3.8, 4) is 0 Å². The summed E-state index contributed by atoms with van der Waals surface area (Å²) >= 11 is 0. The molecular formula is C14H24N2O4. The normalized spacial score (nSPS) is 19.2. The van der Waals surface area contributed by atoms with Gasteiger partial charge in [0.25, 0.3) is 0 Å². The molecule has 6 heteroatoms. The van der Waals surface area contributed by atoms with Crippen molar-refractivity contribution >= 4 is 17.8 Å². The second-order valence-corrected chi connectivity index (χ2v) is 6.27. The van der Waals surface area contributed by atoms with Gasteiger partial charge in [0.2, 0.25) is 11.8 Å². The first-order valence-electron chi connectivity index (χ1n) is 6.95. The summed E-state index contributed by atoms with van der Waals surface area (Å²) in [6, 6.07) is 0. The highest BCUT2D eigenvalue weighted by atomic mass is 16.4. The van der Waals surface area contributed by atoms with Gasteiger partial charge in [-0.3, -0.25) is 14.4 Å². The maximum Gasteiger partial charge on any atom is 0.303 e. The molecule has 6 nitrogen and oxygen atoms in total. The minimum atomic E-state index is -0.797. The van der Waals surface area contributed by atoms with Crippen LogP contribution in [-0.2, 0) is 14.4 Å². The van der Waals surface area contributed by atoms with Crippen molar-refractivity contribution < 1.29 is 19.5 Å². The lowest BCUT2D eigenvalue weighted by molar-refractivity contribution is -0.137. The fourth-order valence-electron chi connectivity index (χ4n) is 2.28. The van der Waals surface area contributed by atoms with Crippen molar-refractivity contribution in [3.05, 3.63) is 0 Å². The van der Waals surface area contributed by atoms with E-state index in [1.807, 2.05) is 13.8 Å². The molecule has 1 unspecified atom stereocenters. The van der Waals surface area contributed by atoms with E-state index in [2.05, 4.69) is 5.32 Å². The second-order valence-electron chi connectivity index (χ2n) is 6.27. The quantitative estimate of drug-likeness (QED) is 0.726. The fourth-order valence-corrected chi connectivity index (χ4v) is 2.28. The molecule has 1 fully saturated rings. The Morgan fingerprint density at radius 3 is 2.55 bits per heavy atom. The van der Waals surface area contributed by atoms with Gasteiger partial charge in [-0.05, 0) is 18.3 Å². The third-order valence-electron chi connectivity index (χ3n) is 3.83. The monoisotopic (exact) mass is 284 g/mol. The molecule has 0 aliphatic carbocycles. The Labute approximate surface area is 119 Å². The molecule has 2 amide bonds. The highest BCUT2D eigenvalue weighted by molar-refractivity contribution is 5.89. The predicted molar refractivity (Wildman–Crippen MR) is 74.0 cm³/mol. The number of aliphatic carboxylic acids is 1. The van der Waals surface area contributed by atoms with Gasteiger partial charge in [-0.2, -0.15) is 0 Å². The van der Waals surface area contributed by atoms with Gasteiger partial charge < -0.3 is 15.3 Å². The fraction of sp³-hybridized carbons (Fsp3) is 0.786. The van der Waals surface area contributed by atoms with Crippen molar-refractivity contribution in [2.45, 2.75) is 39.5 Å². The van der Waals surface area contributed by atoms with Crippen LogP contribution in [0.2, 0.25) is 0 Å². The molecule has 0 saturated carbocycles. The van der Waals surface area contributed by atoms with Gasteiger partial charge in [0, 0.05) is 33.0 Å². The SMILES string of the molecule is CN1CC(C(=O)NCCC(C)(C)CCC(=O)O)CC1=O. The van der Waals surface area contributed by atoms with Gasteiger partial charge >= 0.3 is 5.97 Å². The number of carboxylic acids is 1. The maximum atomic E-state index is 11.9. The van der Waals surface area contributed by atoms with Crippen LogP contribution in [0.4, 0.5) is 0 Å². The molecule has 0 aromatic heterocycles. The number of carbonyl (C=O) groups excluding carboxylic acids is 2. The minimum absolute atomic E-state index is 0.00642. The lowest BCUT2D eigenvalue weighted by Gasteiger charge is -2.24. The predicted octanol–water partition coefficient (Wildman–Crippen LogP) is 0.862. The highest BCUT2D eigenvalue weighted by Gasteiger charge is 2.32. The summed E-state index contributed by atoms with van der Waals surface area (Å²) in [6.07, 6.45) is 1.74. The Morgan fingerprint density at radius 1 is 1.40 bits per heavy atom. The molecule has 1 rings (SSSR count). The zero-order valence-electron chi connectivity index (χ0n) is 12.4. The molecule has 1 saturated heterocycles. The number of likely N-dealkylation sites (tertiary alicyclic amines) is 1. The number of carboxylic acid groups (broad SMARTS) is 1. The van der Waals surface area contributed by atoms with Crippen LogP contribution >= 0.6 is 0 Å². The van der Waals surface area contributed by atoms with Crippen LogP contribution in [0.5, 0.6) is 0 Å². The molecule has 0 radical (unpaired) electrons. The van der Waals surface area contributed by atoms with Crippen LogP contribution in [-0.4, -0.2) is 47.9 Å². The summed E-state index contributed by atoms with van der Waals surface area (Å²) in [5.74, 6) is -1.13. The number of hydrogen-bond acceptors (Lipinski definition) is 3. The number of carbonyl (C=O) groups is 3. The molecular weight excluding hydrogens is 260 g/mol. The summed E-state index contributed by atoms with van der Waals surface area (Å²) in [5, 5.41) is 11.5. The Balaban J connectivity index is 2.28. The Hall–Kier alpha value is -1.59. The number of rotatable bonds is 7. The van der Waals surface area contributed by atoms with Crippen LogP contribution in [0.15, 0.2) is 0 Å².